The molecule has 1 aromatic rings. The molecule has 0 radical (unpaired) electrons. The molecule has 0 aliphatic carbocycles. The second-order valence-corrected chi connectivity index (χ2v) is 2.87. The summed E-state index contributed by atoms with van der Waals surface area (Å²) in [5.74, 6) is -1.53. The van der Waals surface area contributed by atoms with Gasteiger partial charge in [0.2, 0.25) is 0 Å². The van der Waals surface area contributed by atoms with Crippen molar-refractivity contribution in [3.63, 3.8) is 0 Å². The highest BCUT2D eigenvalue weighted by Crippen LogP contribution is 2.27. The van der Waals surface area contributed by atoms with Crippen molar-refractivity contribution < 1.29 is 20.1 Å². The topological polar surface area (TPSA) is 77.8 Å². The molecular formula is C10H10O4. The maximum absolute atomic E-state index is 10.3. The zero-order valence-corrected chi connectivity index (χ0v) is 7.56. The van der Waals surface area contributed by atoms with Gasteiger partial charge in [0.15, 0.2) is 11.5 Å². The minimum Gasteiger partial charge on any atom is -0.504 e. The van der Waals surface area contributed by atoms with E-state index in [0.717, 1.165) is 6.08 Å². The minimum absolute atomic E-state index is 0.225. The summed E-state index contributed by atoms with van der Waals surface area (Å²) < 4.78 is 0. The lowest BCUT2D eigenvalue weighted by atomic mass is 10.1. The fourth-order valence-corrected chi connectivity index (χ4v) is 1.04. The largest absolute Gasteiger partial charge is 0.504 e. The number of carboxylic acid groups (broad SMARTS) is 1. The van der Waals surface area contributed by atoms with Crippen LogP contribution in [0.15, 0.2) is 24.3 Å². The second-order valence-electron chi connectivity index (χ2n) is 2.87. The summed E-state index contributed by atoms with van der Waals surface area (Å²) in [7, 11) is 0. The summed E-state index contributed by atoms with van der Waals surface area (Å²) in [6, 6.07) is 4.15. The van der Waals surface area contributed by atoms with E-state index in [1.54, 1.807) is 6.92 Å². The van der Waals surface area contributed by atoms with Crippen LogP contribution in [0.2, 0.25) is 0 Å². The highest BCUT2D eigenvalue weighted by Gasteiger charge is 2.03. The molecule has 0 saturated carbocycles. The van der Waals surface area contributed by atoms with Crippen LogP contribution < -0.4 is 0 Å². The Morgan fingerprint density at radius 2 is 1.93 bits per heavy atom. The van der Waals surface area contributed by atoms with Crippen LogP contribution >= 0.6 is 0 Å². The molecule has 0 saturated heterocycles. The first-order valence-electron chi connectivity index (χ1n) is 3.94. The van der Waals surface area contributed by atoms with Gasteiger partial charge in [-0.05, 0) is 30.2 Å². The number of hydrogen-bond acceptors (Lipinski definition) is 3. The molecule has 0 amide bonds. The maximum Gasteiger partial charge on any atom is 0.328 e. The SMILES string of the molecule is CC(=CC(=O)O)c1ccc(O)c(O)c1. The van der Waals surface area contributed by atoms with Gasteiger partial charge in [0.1, 0.15) is 0 Å². The van der Waals surface area contributed by atoms with Crippen molar-refractivity contribution in [3.8, 4) is 11.5 Å². The van der Waals surface area contributed by atoms with Gasteiger partial charge in [0.05, 0.1) is 0 Å². The smallest absolute Gasteiger partial charge is 0.328 e. The summed E-state index contributed by atoms with van der Waals surface area (Å²) in [5, 5.41) is 26.7. The average molecular weight is 194 g/mol. The molecule has 0 aliphatic rings. The van der Waals surface area contributed by atoms with E-state index in [-0.39, 0.29) is 11.5 Å². The molecule has 1 rings (SSSR count). The summed E-state index contributed by atoms with van der Waals surface area (Å²) in [5.41, 5.74) is 1.07. The molecular weight excluding hydrogens is 184 g/mol. The van der Waals surface area contributed by atoms with Crippen molar-refractivity contribution in [2.45, 2.75) is 6.92 Å². The molecule has 0 heterocycles. The molecule has 0 aliphatic heterocycles. The van der Waals surface area contributed by atoms with Crippen LogP contribution in [0, 0.1) is 0 Å². The Bertz CT molecular complexity index is 393. The Hall–Kier alpha value is -1.97. The molecule has 0 fully saturated rings. The Morgan fingerprint density at radius 3 is 2.43 bits per heavy atom. The van der Waals surface area contributed by atoms with Crippen molar-refractivity contribution in [1.82, 2.24) is 0 Å². The van der Waals surface area contributed by atoms with Crippen molar-refractivity contribution in [2.75, 3.05) is 0 Å². The quantitative estimate of drug-likeness (QED) is 0.493. The number of rotatable bonds is 2. The first kappa shape index (κ1) is 10.1. The van der Waals surface area contributed by atoms with E-state index in [0.29, 0.717) is 11.1 Å². The molecule has 0 bridgehead atoms. The van der Waals surface area contributed by atoms with Crippen LogP contribution in [-0.2, 0) is 4.79 Å². The third-order valence-corrected chi connectivity index (χ3v) is 1.77. The highest BCUT2D eigenvalue weighted by atomic mass is 16.4. The van der Waals surface area contributed by atoms with Crippen molar-refractivity contribution in [2.24, 2.45) is 0 Å². The molecule has 0 atom stereocenters. The first-order valence-corrected chi connectivity index (χ1v) is 3.94. The number of aliphatic carboxylic acids is 1. The summed E-state index contributed by atoms with van der Waals surface area (Å²) in [6.07, 6.45) is 1.03. The van der Waals surface area contributed by atoms with E-state index in [1.807, 2.05) is 0 Å². The number of aromatic hydroxyl groups is 2. The lowest BCUT2D eigenvalue weighted by Crippen LogP contribution is -1.89. The van der Waals surface area contributed by atoms with E-state index in [1.165, 1.54) is 18.2 Å². The number of phenols is 2. The lowest BCUT2D eigenvalue weighted by molar-refractivity contribution is -0.131. The van der Waals surface area contributed by atoms with Gasteiger partial charge in [-0.25, -0.2) is 4.79 Å². The van der Waals surface area contributed by atoms with E-state index in [2.05, 4.69) is 0 Å². The van der Waals surface area contributed by atoms with Crippen molar-refractivity contribution >= 4 is 11.5 Å². The van der Waals surface area contributed by atoms with E-state index in [4.69, 9.17) is 15.3 Å². The number of benzene rings is 1. The monoisotopic (exact) mass is 194 g/mol. The summed E-state index contributed by atoms with van der Waals surface area (Å²) >= 11 is 0. The summed E-state index contributed by atoms with van der Waals surface area (Å²) in [4.78, 5) is 10.3. The predicted molar refractivity (Wildman–Crippen MR) is 51.1 cm³/mol. The maximum atomic E-state index is 10.3. The molecule has 4 nitrogen and oxygen atoms in total. The number of carboxylic acids is 1. The van der Waals surface area contributed by atoms with Crippen LogP contribution in [0.5, 0.6) is 11.5 Å². The lowest BCUT2D eigenvalue weighted by Gasteiger charge is -2.02. The van der Waals surface area contributed by atoms with Gasteiger partial charge in [-0.15, -0.1) is 0 Å². The third kappa shape index (κ3) is 2.26. The van der Waals surface area contributed by atoms with Crippen LogP contribution in [0.25, 0.3) is 5.57 Å². The number of carbonyl (C=O) groups is 1. The van der Waals surface area contributed by atoms with Gasteiger partial charge in [-0.1, -0.05) is 6.07 Å². The molecule has 4 heteroatoms. The van der Waals surface area contributed by atoms with Gasteiger partial charge in [-0.2, -0.15) is 0 Å². The van der Waals surface area contributed by atoms with Crippen LogP contribution in [0.1, 0.15) is 12.5 Å². The molecule has 14 heavy (non-hydrogen) atoms. The van der Waals surface area contributed by atoms with Gasteiger partial charge in [0, 0.05) is 6.08 Å². The standard InChI is InChI=1S/C10H10O4/c1-6(4-10(13)14)7-2-3-8(11)9(12)5-7/h2-5,11-12H,1H3,(H,13,14). The number of hydrogen-bond donors (Lipinski definition) is 3. The average Bonchev–Trinajstić information content (AvgIpc) is 2.08. The second kappa shape index (κ2) is 3.83. The van der Waals surface area contributed by atoms with Crippen LogP contribution in [-0.4, -0.2) is 21.3 Å². The van der Waals surface area contributed by atoms with E-state index >= 15 is 0 Å². The van der Waals surface area contributed by atoms with Crippen molar-refractivity contribution in [1.29, 1.82) is 0 Å². The minimum atomic E-state index is -1.05. The third-order valence-electron chi connectivity index (χ3n) is 1.77. The number of phenolic OH excluding ortho intramolecular Hbond substituents is 2. The molecule has 0 aromatic heterocycles. The van der Waals surface area contributed by atoms with Crippen LogP contribution in [0.4, 0.5) is 0 Å². The molecule has 0 unspecified atom stereocenters. The Morgan fingerprint density at radius 1 is 1.29 bits per heavy atom. The van der Waals surface area contributed by atoms with E-state index in [9.17, 15) is 4.79 Å². The van der Waals surface area contributed by atoms with Gasteiger partial charge in [-0.3, -0.25) is 0 Å². The highest BCUT2D eigenvalue weighted by molar-refractivity contribution is 5.89. The van der Waals surface area contributed by atoms with Crippen LogP contribution in [0.3, 0.4) is 0 Å². The van der Waals surface area contributed by atoms with Gasteiger partial charge in [0.25, 0.3) is 0 Å². The molecule has 1 aromatic carbocycles. The van der Waals surface area contributed by atoms with Gasteiger partial charge >= 0.3 is 5.97 Å². The zero-order chi connectivity index (χ0) is 10.7. The fourth-order valence-electron chi connectivity index (χ4n) is 1.04. The van der Waals surface area contributed by atoms with Crippen molar-refractivity contribution in [3.05, 3.63) is 29.8 Å². The summed E-state index contributed by atoms with van der Waals surface area (Å²) in [6.45, 7) is 1.61. The number of allylic oxidation sites excluding steroid dienone is 1. The Balaban J connectivity index is 3.09. The fraction of sp³-hybridized carbons (Fsp3) is 0.100. The zero-order valence-electron chi connectivity index (χ0n) is 7.56. The molecule has 0 spiro atoms. The Kier molecular flexibility index (Phi) is 2.76. The van der Waals surface area contributed by atoms with Gasteiger partial charge < -0.3 is 15.3 Å². The molecule has 3 N–H and O–H groups in total. The Labute approximate surface area is 80.7 Å². The predicted octanol–water partition coefficient (Wildman–Crippen LogP) is 1.59. The van der Waals surface area contributed by atoms with E-state index < -0.39 is 5.97 Å². The molecule has 74 valence electrons. The normalized spacial score (nSPS) is 11.4. The first-order chi connectivity index (χ1) is 6.50.